The van der Waals surface area contributed by atoms with Crippen LogP contribution < -0.4 is 5.32 Å². The Morgan fingerprint density at radius 2 is 1.78 bits per heavy atom. The highest BCUT2D eigenvalue weighted by atomic mass is 16.4. The fourth-order valence-corrected chi connectivity index (χ4v) is 2.61. The van der Waals surface area contributed by atoms with E-state index in [2.05, 4.69) is 5.32 Å². The molecule has 2 unspecified atom stereocenters. The van der Waals surface area contributed by atoms with Crippen LogP contribution in [0.1, 0.15) is 46.0 Å². The van der Waals surface area contributed by atoms with Crippen molar-refractivity contribution >= 4 is 11.9 Å². The van der Waals surface area contributed by atoms with Gasteiger partial charge in [0.15, 0.2) is 0 Å². The van der Waals surface area contributed by atoms with Gasteiger partial charge in [-0.3, -0.25) is 9.59 Å². The Labute approximate surface area is 108 Å². The molecular weight excluding hydrogens is 234 g/mol. The molecule has 0 heterocycles. The van der Waals surface area contributed by atoms with Crippen molar-refractivity contribution in [1.29, 1.82) is 0 Å². The minimum Gasteiger partial charge on any atom is -0.481 e. The molecule has 0 radical (unpaired) electrons. The van der Waals surface area contributed by atoms with Crippen LogP contribution in [-0.4, -0.2) is 34.2 Å². The highest BCUT2D eigenvalue weighted by Crippen LogP contribution is 2.32. The normalized spacial score (nSPS) is 23.9. The molecule has 1 saturated carbocycles. The van der Waals surface area contributed by atoms with Gasteiger partial charge in [0.25, 0.3) is 0 Å². The average Bonchev–Trinajstić information content (AvgIpc) is 2.85. The van der Waals surface area contributed by atoms with Crippen LogP contribution >= 0.6 is 0 Å². The summed E-state index contributed by atoms with van der Waals surface area (Å²) in [5, 5.41) is 21.3. The second-order valence-electron chi connectivity index (χ2n) is 5.12. The molecule has 1 aliphatic carbocycles. The fourth-order valence-electron chi connectivity index (χ4n) is 2.61. The van der Waals surface area contributed by atoms with E-state index in [1.807, 2.05) is 13.8 Å². The van der Waals surface area contributed by atoms with Crippen molar-refractivity contribution in [3.05, 3.63) is 0 Å². The molecule has 0 bridgehead atoms. The number of carboxylic acid groups (broad SMARTS) is 1. The highest BCUT2D eigenvalue weighted by Gasteiger charge is 2.40. The number of nitrogens with one attached hydrogen (secondary N) is 1. The topological polar surface area (TPSA) is 86.6 Å². The lowest BCUT2D eigenvalue weighted by Crippen LogP contribution is -2.53. The van der Waals surface area contributed by atoms with E-state index in [4.69, 9.17) is 5.11 Å². The first-order chi connectivity index (χ1) is 8.49. The summed E-state index contributed by atoms with van der Waals surface area (Å²) in [4.78, 5) is 23.2. The number of carboxylic acids is 1. The number of rotatable bonds is 6. The summed E-state index contributed by atoms with van der Waals surface area (Å²) in [6, 6.07) is 0. The fraction of sp³-hybridized carbons (Fsp3) is 0.846. The van der Waals surface area contributed by atoms with Crippen molar-refractivity contribution < 1.29 is 19.8 Å². The van der Waals surface area contributed by atoms with Gasteiger partial charge < -0.3 is 15.5 Å². The second-order valence-corrected chi connectivity index (χ2v) is 5.12. The van der Waals surface area contributed by atoms with E-state index in [-0.39, 0.29) is 12.5 Å². The van der Waals surface area contributed by atoms with Gasteiger partial charge in [0.2, 0.25) is 5.91 Å². The lowest BCUT2D eigenvalue weighted by atomic mass is 9.90. The average molecular weight is 257 g/mol. The quantitative estimate of drug-likeness (QED) is 0.666. The van der Waals surface area contributed by atoms with Gasteiger partial charge in [-0.1, -0.05) is 20.3 Å². The lowest BCUT2D eigenvalue weighted by molar-refractivity contribution is -0.146. The van der Waals surface area contributed by atoms with Crippen LogP contribution in [-0.2, 0) is 9.59 Å². The number of carbonyl (C=O) groups is 2. The molecule has 3 N–H and O–H groups in total. The maximum atomic E-state index is 12.2. The van der Waals surface area contributed by atoms with Crippen LogP contribution in [0, 0.1) is 11.8 Å². The van der Waals surface area contributed by atoms with Crippen molar-refractivity contribution in [2.75, 3.05) is 6.61 Å². The molecule has 5 heteroatoms. The third-order valence-electron chi connectivity index (χ3n) is 4.21. The molecule has 5 nitrogen and oxygen atoms in total. The second kappa shape index (κ2) is 6.18. The summed E-state index contributed by atoms with van der Waals surface area (Å²) < 4.78 is 0. The van der Waals surface area contributed by atoms with Crippen molar-refractivity contribution in [2.45, 2.75) is 51.5 Å². The van der Waals surface area contributed by atoms with Crippen molar-refractivity contribution in [3.8, 4) is 0 Å². The van der Waals surface area contributed by atoms with E-state index >= 15 is 0 Å². The van der Waals surface area contributed by atoms with E-state index in [1.54, 1.807) is 0 Å². The standard InChI is InChI=1S/C13H23NO4/c1-3-13(4-2,8-15)14-11(16)9-6-5-7-10(9)12(17)18/h9-10,15H,3-8H2,1-2H3,(H,14,16)(H,17,18). The van der Waals surface area contributed by atoms with E-state index in [1.165, 1.54) is 0 Å². The van der Waals surface area contributed by atoms with Crippen LogP contribution in [0.5, 0.6) is 0 Å². The molecule has 0 saturated heterocycles. The van der Waals surface area contributed by atoms with Gasteiger partial charge in [0.1, 0.15) is 0 Å². The molecule has 18 heavy (non-hydrogen) atoms. The molecule has 1 rings (SSSR count). The number of hydrogen-bond acceptors (Lipinski definition) is 3. The molecule has 0 aliphatic heterocycles. The summed E-state index contributed by atoms with van der Waals surface area (Å²) in [7, 11) is 0. The van der Waals surface area contributed by atoms with E-state index < -0.39 is 23.3 Å². The smallest absolute Gasteiger partial charge is 0.307 e. The number of aliphatic hydroxyl groups excluding tert-OH is 1. The largest absolute Gasteiger partial charge is 0.481 e. The molecule has 1 aliphatic rings. The number of aliphatic carboxylic acids is 1. The Hall–Kier alpha value is -1.10. The molecule has 0 spiro atoms. The predicted molar refractivity (Wildman–Crippen MR) is 67.0 cm³/mol. The zero-order chi connectivity index (χ0) is 13.8. The minimum atomic E-state index is -0.893. The van der Waals surface area contributed by atoms with Gasteiger partial charge in [-0.2, -0.15) is 0 Å². The van der Waals surface area contributed by atoms with Crippen LogP contribution in [0.3, 0.4) is 0 Å². The van der Waals surface area contributed by atoms with Crippen LogP contribution in [0.15, 0.2) is 0 Å². The van der Waals surface area contributed by atoms with Crippen molar-refractivity contribution in [2.24, 2.45) is 11.8 Å². The van der Waals surface area contributed by atoms with Gasteiger partial charge in [-0.25, -0.2) is 0 Å². The molecule has 2 atom stereocenters. The van der Waals surface area contributed by atoms with Gasteiger partial charge >= 0.3 is 5.97 Å². The summed E-state index contributed by atoms with van der Waals surface area (Å²) in [6.45, 7) is 3.70. The zero-order valence-corrected chi connectivity index (χ0v) is 11.1. The van der Waals surface area contributed by atoms with E-state index in [0.717, 1.165) is 6.42 Å². The van der Waals surface area contributed by atoms with Crippen molar-refractivity contribution in [3.63, 3.8) is 0 Å². The Kier molecular flexibility index (Phi) is 5.14. The maximum absolute atomic E-state index is 12.2. The van der Waals surface area contributed by atoms with E-state index in [9.17, 15) is 14.7 Å². The summed E-state index contributed by atoms with van der Waals surface area (Å²) in [5.74, 6) is -2.14. The predicted octanol–water partition coefficient (Wildman–Crippen LogP) is 1.15. The number of hydrogen-bond donors (Lipinski definition) is 3. The summed E-state index contributed by atoms with van der Waals surface area (Å²) in [6.07, 6.45) is 3.24. The maximum Gasteiger partial charge on any atom is 0.307 e. The first-order valence-electron chi connectivity index (χ1n) is 6.65. The third kappa shape index (κ3) is 3.02. The molecule has 1 amide bonds. The Balaban J connectivity index is 2.72. The van der Waals surface area contributed by atoms with E-state index in [0.29, 0.717) is 25.7 Å². The first kappa shape index (κ1) is 15.0. The molecule has 0 aromatic carbocycles. The van der Waals surface area contributed by atoms with Crippen LogP contribution in [0.25, 0.3) is 0 Å². The van der Waals surface area contributed by atoms with Crippen LogP contribution in [0.2, 0.25) is 0 Å². The Morgan fingerprint density at radius 3 is 2.22 bits per heavy atom. The molecular formula is C13H23NO4. The Bertz CT molecular complexity index is 304. The first-order valence-corrected chi connectivity index (χ1v) is 6.65. The molecule has 1 fully saturated rings. The lowest BCUT2D eigenvalue weighted by Gasteiger charge is -2.32. The molecule has 0 aromatic rings. The van der Waals surface area contributed by atoms with Gasteiger partial charge in [-0.15, -0.1) is 0 Å². The summed E-state index contributed by atoms with van der Waals surface area (Å²) in [5.41, 5.74) is -0.608. The highest BCUT2D eigenvalue weighted by molar-refractivity contribution is 5.85. The molecule has 104 valence electrons. The summed E-state index contributed by atoms with van der Waals surface area (Å²) >= 11 is 0. The molecule has 0 aromatic heterocycles. The number of carbonyl (C=O) groups excluding carboxylic acids is 1. The number of amides is 1. The Morgan fingerprint density at radius 1 is 1.22 bits per heavy atom. The van der Waals surface area contributed by atoms with Gasteiger partial charge in [0.05, 0.1) is 24.0 Å². The van der Waals surface area contributed by atoms with Gasteiger partial charge in [0, 0.05) is 0 Å². The zero-order valence-electron chi connectivity index (χ0n) is 11.1. The number of aliphatic hydroxyl groups is 1. The third-order valence-corrected chi connectivity index (χ3v) is 4.21. The SMILES string of the molecule is CCC(CC)(CO)NC(=O)C1CCCC1C(=O)O. The monoisotopic (exact) mass is 257 g/mol. The minimum absolute atomic E-state index is 0.115. The van der Waals surface area contributed by atoms with Crippen molar-refractivity contribution in [1.82, 2.24) is 5.32 Å². The van der Waals surface area contributed by atoms with Crippen LogP contribution in [0.4, 0.5) is 0 Å². The van der Waals surface area contributed by atoms with Gasteiger partial charge in [-0.05, 0) is 25.7 Å².